The summed E-state index contributed by atoms with van der Waals surface area (Å²) in [6, 6.07) is 24.9. The molecule has 0 radical (unpaired) electrons. The highest BCUT2D eigenvalue weighted by Gasteiger charge is 2.48. The van der Waals surface area contributed by atoms with Crippen LogP contribution < -0.4 is 4.90 Å². The van der Waals surface area contributed by atoms with Crippen LogP contribution >= 0.6 is 23.1 Å². The number of hydrogen-bond acceptors (Lipinski definition) is 7. The number of rotatable bonds is 6. The minimum absolute atomic E-state index is 0.117. The van der Waals surface area contributed by atoms with Crippen molar-refractivity contribution >= 4 is 56.5 Å². The van der Waals surface area contributed by atoms with Crippen molar-refractivity contribution in [2.45, 2.75) is 30.0 Å². The zero-order valence-electron chi connectivity index (χ0n) is 22.2. The van der Waals surface area contributed by atoms with Gasteiger partial charge in [-0.1, -0.05) is 108 Å². The maximum absolute atomic E-state index is 14.4. The van der Waals surface area contributed by atoms with Gasteiger partial charge in [0.1, 0.15) is 11.6 Å². The Hall–Kier alpha value is -4.34. The molecule has 1 aromatic heterocycles. The van der Waals surface area contributed by atoms with Crippen LogP contribution in [0.2, 0.25) is 0 Å². The van der Waals surface area contributed by atoms with Crippen molar-refractivity contribution in [1.29, 1.82) is 0 Å². The first-order valence-corrected chi connectivity index (χ1v) is 14.7. The maximum atomic E-state index is 14.4. The van der Waals surface area contributed by atoms with Crippen molar-refractivity contribution in [2.24, 2.45) is 0 Å². The molecule has 41 heavy (non-hydrogen) atoms. The molecule has 4 aromatic carbocycles. The van der Waals surface area contributed by atoms with Crippen molar-refractivity contribution in [3.8, 4) is 0 Å². The Balaban J connectivity index is 1.37. The fraction of sp³-hybridized carbons (Fsp3) is 0.125. The molecule has 6 nitrogen and oxygen atoms in total. The quantitative estimate of drug-likeness (QED) is 0.0741. The number of Topliss-reactive ketones (excluding diaryl/α,β-unsaturated/α-hetero) is 1. The molecule has 1 aliphatic rings. The second kappa shape index (κ2) is 10.9. The number of aliphatic hydroxyl groups is 1. The molecular weight excluding hydrogens is 558 g/mol. The Kier molecular flexibility index (Phi) is 7.15. The largest absolute Gasteiger partial charge is 0.507 e. The van der Waals surface area contributed by atoms with E-state index in [0.717, 1.165) is 28.0 Å². The average Bonchev–Trinajstić information content (AvgIpc) is 3.55. The van der Waals surface area contributed by atoms with Gasteiger partial charge in [-0.25, -0.2) is 4.39 Å². The Morgan fingerprint density at radius 3 is 2.51 bits per heavy atom. The summed E-state index contributed by atoms with van der Waals surface area (Å²) in [5.74, 6) is -2.01. The molecule has 1 amide bonds. The van der Waals surface area contributed by atoms with Gasteiger partial charge in [0.25, 0.3) is 5.78 Å². The van der Waals surface area contributed by atoms with E-state index < -0.39 is 29.3 Å². The van der Waals surface area contributed by atoms with Crippen LogP contribution in [-0.4, -0.2) is 27.0 Å². The van der Waals surface area contributed by atoms with Gasteiger partial charge < -0.3 is 5.11 Å². The summed E-state index contributed by atoms with van der Waals surface area (Å²) < 4.78 is 15.0. The zero-order chi connectivity index (χ0) is 28.7. The van der Waals surface area contributed by atoms with E-state index in [-0.39, 0.29) is 16.3 Å². The number of anilines is 1. The first-order chi connectivity index (χ1) is 19.8. The Bertz CT molecular complexity index is 1840. The molecule has 2 heterocycles. The first kappa shape index (κ1) is 26.9. The number of carbonyl (C=O) groups excluding carboxylic acids is 2. The fourth-order valence-corrected chi connectivity index (χ4v) is 6.78. The number of aromatic nitrogens is 2. The second-order valence-electron chi connectivity index (χ2n) is 9.82. The lowest BCUT2D eigenvalue weighted by atomic mass is 9.94. The third kappa shape index (κ3) is 5.03. The molecule has 1 N–H and O–H groups in total. The lowest BCUT2D eigenvalue weighted by Crippen LogP contribution is -2.29. The van der Waals surface area contributed by atoms with Gasteiger partial charge in [-0.15, -0.1) is 10.2 Å². The first-order valence-electron chi connectivity index (χ1n) is 12.9. The van der Waals surface area contributed by atoms with Crippen molar-refractivity contribution < 1.29 is 19.1 Å². The molecule has 0 spiro atoms. The van der Waals surface area contributed by atoms with Crippen LogP contribution in [0.4, 0.5) is 9.52 Å². The molecule has 0 bridgehead atoms. The molecule has 0 saturated carbocycles. The van der Waals surface area contributed by atoms with Crippen LogP contribution in [0.25, 0.3) is 16.5 Å². The topological polar surface area (TPSA) is 83.4 Å². The van der Waals surface area contributed by atoms with E-state index in [1.165, 1.54) is 40.1 Å². The minimum Gasteiger partial charge on any atom is -0.507 e. The normalized spacial score (nSPS) is 16.6. The molecule has 1 aliphatic heterocycles. The van der Waals surface area contributed by atoms with Crippen molar-refractivity contribution in [3.05, 3.63) is 124 Å². The number of fused-ring (bicyclic) bond motifs is 1. The van der Waals surface area contributed by atoms with E-state index >= 15 is 0 Å². The smallest absolute Gasteiger partial charge is 0.301 e. The maximum Gasteiger partial charge on any atom is 0.301 e. The average molecular weight is 582 g/mol. The van der Waals surface area contributed by atoms with Crippen LogP contribution in [0.3, 0.4) is 0 Å². The van der Waals surface area contributed by atoms with E-state index in [0.29, 0.717) is 21.2 Å². The number of hydrogen-bond donors (Lipinski definition) is 1. The number of carbonyl (C=O) groups is 2. The molecule has 9 heteroatoms. The highest BCUT2D eigenvalue weighted by atomic mass is 32.2. The van der Waals surface area contributed by atoms with Crippen molar-refractivity contribution in [3.63, 3.8) is 0 Å². The van der Waals surface area contributed by atoms with E-state index in [9.17, 15) is 19.1 Å². The number of benzene rings is 4. The predicted octanol–water partition coefficient (Wildman–Crippen LogP) is 7.37. The van der Waals surface area contributed by atoms with E-state index in [2.05, 4.69) is 34.5 Å². The highest BCUT2D eigenvalue weighted by Crippen LogP contribution is 2.44. The second-order valence-corrected chi connectivity index (χ2v) is 12.0. The lowest BCUT2D eigenvalue weighted by Gasteiger charge is -2.22. The summed E-state index contributed by atoms with van der Waals surface area (Å²) in [5.41, 5.74) is 3.15. The number of nitrogens with zero attached hydrogens (tertiary/aromatic N) is 3. The van der Waals surface area contributed by atoms with Crippen LogP contribution in [0.15, 0.2) is 94.8 Å². The zero-order valence-corrected chi connectivity index (χ0v) is 23.8. The summed E-state index contributed by atoms with van der Waals surface area (Å²) >= 11 is 2.70. The number of amides is 1. The molecule has 1 saturated heterocycles. The van der Waals surface area contributed by atoms with Crippen molar-refractivity contribution in [2.75, 3.05) is 4.90 Å². The third-order valence-corrected chi connectivity index (χ3v) is 9.22. The van der Waals surface area contributed by atoms with Gasteiger partial charge in [0.05, 0.1) is 11.6 Å². The Morgan fingerprint density at radius 1 is 0.976 bits per heavy atom. The summed E-state index contributed by atoms with van der Waals surface area (Å²) in [7, 11) is 0. The van der Waals surface area contributed by atoms with Crippen LogP contribution in [0, 0.1) is 19.7 Å². The van der Waals surface area contributed by atoms with E-state index in [1.807, 2.05) is 37.3 Å². The van der Waals surface area contributed by atoms with Crippen LogP contribution in [0.5, 0.6) is 0 Å². The van der Waals surface area contributed by atoms with Gasteiger partial charge >= 0.3 is 5.91 Å². The number of ketones is 1. The molecular formula is C32H24FN3O3S2. The highest BCUT2D eigenvalue weighted by molar-refractivity contribution is 8.00. The van der Waals surface area contributed by atoms with Crippen LogP contribution in [0.1, 0.15) is 33.9 Å². The molecule has 1 atom stereocenters. The predicted molar refractivity (Wildman–Crippen MR) is 161 cm³/mol. The summed E-state index contributed by atoms with van der Waals surface area (Å²) in [6.45, 7) is 3.54. The van der Waals surface area contributed by atoms with Gasteiger partial charge in [0.2, 0.25) is 5.13 Å². The van der Waals surface area contributed by atoms with Crippen molar-refractivity contribution in [1.82, 2.24) is 10.2 Å². The number of aryl methyl sites for hydroxylation is 2. The Morgan fingerprint density at radius 2 is 1.73 bits per heavy atom. The molecule has 1 unspecified atom stereocenters. The molecule has 6 rings (SSSR count). The molecule has 5 aromatic rings. The van der Waals surface area contributed by atoms with Crippen LogP contribution in [-0.2, 0) is 15.3 Å². The van der Waals surface area contributed by atoms with E-state index in [1.54, 1.807) is 19.1 Å². The van der Waals surface area contributed by atoms with Gasteiger partial charge in [-0.05, 0) is 47.4 Å². The number of halogens is 1. The lowest BCUT2D eigenvalue weighted by molar-refractivity contribution is -0.132. The molecule has 0 aliphatic carbocycles. The van der Waals surface area contributed by atoms with E-state index in [4.69, 9.17) is 0 Å². The number of aliphatic hydroxyl groups excluding tert-OH is 1. The standard InChI is InChI=1S/C32H24FN3O3S2/c1-18-10-13-21(14-11-18)27-26(28(37)22-15-12-19(2)25(33)16-22)29(38)30(39)36(27)31-34-35-32(41-31)40-17-23-8-5-7-20-6-3-4-9-24(20)23/h3-16,27,37H,17H2,1-2H3. The Labute approximate surface area is 244 Å². The monoisotopic (exact) mass is 581 g/mol. The minimum atomic E-state index is -0.955. The van der Waals surface area contributed by atoms with Gasteiger partial charge in [0.15, 0.2) is 4.34 Å². The van der Waals surface area contributed by atoms with Gasteiger partial charge in [-0.3, -0.25) is 14.5 Å². The summed E-state index contributed by atoms with van der Waals surface area (Å²) in [4.78, 5) is 28.1. The third-order valence-electron chi connectivity index (χ3n) is 7.12. The summed E-state index contributed by atoms with van der Waals surface area (Å²) in [6.07, 6.45) is 0. The SMILES string of the molecule is Cc1ccc(C2C(=C(O)c3ccc(C)c(F)c3)C(=O)C(=O)N2c2nnc(SCc3cccc4ccccc34)s2)cc1. The van der Waals surface area contributed by atoms with Gasteiger partial charge in [0, 0.05) is 11.3 Å². The molecule has 204 valence electrons. The molecule has 1 fully saturated rings. The fourth-order valence-electron chi connectivity index (χ4n) is 4.91. The number of thioether (sulfide) groups is 1. The van der Waals surface area contributed by atoms with Gasteiger partial charge in [-0.2, -0.15) is 0 Å². The summed E-state index contributed by atoms with van der Waals surface area (Å²) in [5, 5.41) is 22.4.